The first-order valence-electron chi connectivity index (χ1n) is 7.92. The van der Waals surface area contributed by atoms with Gasteiger partial charge in [0.2, 0.25) is 5.90 Å². The van der Waals surface area contributed by atoms with E-state index in [2.05, 4.69) is 4.99 Å². The molecule has 0 amide bonds. The Labute approximate surface area is 155 Å². The minimum Gasteiger partial charge on any atom is -0.497 e. The summed E-state index contributed by atoms with van der Waals surface area (Å²) in [5.74, 6) is 1.17. The van der Waals surface area contributed by atoms with Crippen LogP contribution in [0.3, 0.4) is 0 Å². The summed E-state index contributed by atoms with van der Waals surface area (Å²) in [6, 6.07) is 12.6. The first-order valence-corrected chi connectivity index (χ1v) is 8.30. The van der Waals surface area contributed by atoms with E-state index in [1.54, 1.807) is 31.4 Å². The van der Waals surface area contributed by atoms with E-state index in [0.29, 0.717) is 22.9 Å². The zero-order valence-electron chi connectivity index (χ0n) is 13.9. The number of nitrogens with zero attached hydrogens (tertiary/aromatic N) is 1. The monoisotopic (exact) mass is 367 g/mol. The molecule has 130 valence electrons. The molecule has 6 heteroatoms. The summed E-state index contributed by atoms with van der Waals surface area (Å²) in [5, 5.41) is 0.621. The van der Waals surface area contributed by atoms with Crippen molar-refractivity contribution >= 4 is 29.5 Å². The summed E-state index contributed by atoms with van der Waals surface area (Å²) in [4.78, 5) is 16.5. The van der Waals surface area contributed by atoms with E-state index < -0.39 is 5.97 Å². The number of fused-ring (bicyclic) bond motifs is 1. The number of ether oxygens (including phenoxy) is 3. The minimum atomic E-state index is -0.499. The van der Waals surface area contributed by atoms with E-state index in [-0.39, 0.29) is 11.6 Å². The smallest absolute Gasteiger partial charge is 0.363 e. The predicted octanol–water partition coefficient (Wildman–Crippen LogP) is 4.01. The van der Waals surface area contributed by atoms with E-state index in [1.165, 1.54) is 0 Å². The van der Waals surface area contributed by atoms with Crippen molar-refractivity contribution in [1.82, 2.24) is 0 Å². The highest BCUT2D eigenvalue weighted by Gasteiger charge is 2.25. The number of rotatable bonds is 3. The van der Waals surface area contributed by atoms with E-state index in [4.69, 9.17) is 25.8 Å². The quantitative estimate of drug-likeness (QED) is 0.607. The summed E-state index contributed by atoms with van der Waals surface area (Å²) in [6.07, 6.45) is 3.59. The van der Waals surface area contributed by atoms with Gasteiger partial charge in [-0.2, -0.15) is 0 Å². The maximum atomic E-state index is 12.2. The lowest BCUT2D eigenvalue weighted by Gasteiger charge is -2.16. The minimum absolute atomic E-state index is 0.225. The average Bonchev–Trinajstić information content (AvgIpc) is 3.02. The van der Waals surface area contributed by atoms with E-state index in [1.807, 2.05) is 30.3 Å². The Bertz CT molecular complexity index is 991. The first kappa shape index (κ1) is 16.4. The summed E-state index contributed by atoms with van der Waals surface area (Å²) in [7, 11) is 1.58. The fourth-order valence-electron chi connectivity index (χ4n) is 2.71. The summed E-state index contributed by atoms with van der Waals surface area (Å²) >= 11 is 6.02. The lowest BCUT2D eigenvalue weighted by Crippen LogP contribution is -2.08. The second-order valence-corrected chi connectivity index (χ2v) is 6.19. The van der Waals surface area contributed by atoms with Crippen LogP contribution in [0.15, 0.2) is 64.8 Å². The first-order chi connectivity index (χ1) is 12.6. The number of esters is 1. The number of cyclic esters (lactones) is 1. The molecule has 2 aromatic carbocycles. The average molecular weight is 368 g/mol. The van der Waals surface area contributed by atoms with Gasteiger partial charge in [0.1, 0.15) is 18.1 Å². The lowest BCUT2D eigenvalue weighted by molar-refractivity contribution is -0.130. The molecule has 0 radical (unpaired) electrons. The highest BCUT2D eigenvalue weighted by atomic mass is 35.5. The molecule has 0 unspecified atom stereocenters. The third kappa shape index (κ3) is 3.21. The van der Waals surface area contributed by atoms with Gasteiger partial charge >= 0.3 is 5.97 Å². The van der Waals surface area contributed by atoms with Gasteiger partial charge in [-0.15, -0.1) is 0 Å². The molecule has 0 N–H and O–H groups in total. The zero-order valence-corrected chi connectivity index (χ0v) is 14.6. The molecule has 2 aliphatic rings. The molecule has 0 aromatic heterocycles. The Morgan fingerprint density at radius 2 is 2.12 bits per heavy atom. The molecule has 2 aromatic rings. The number of halogens is 1. The number of hydrogen-bond acceptors (Lipinski definition) is 5. The second kappa shape index (κ2) is 6.69. The van der Waals surface area contributed by atoms with Crippen LogP contribution in [0.4, 0.5) is 0 Å². The third-order valence-electron chi connectivity index (χ3n) is 3.97. The van der Waals surface area contributed by atoms with Crippen LogP contribution >= 0.6 is 11.6 Å². The number of carbonyl (C=O) groups excluding carboxylic acids is 1. The summed E-state index contributed by atoms with van der Waals surface area (Å²) < 4.78 is 16.2. The van der Waals surface area contributed by atoms with Crippen molar-refractivity contribution in [3.63, 3.8) is 0 Å². The zero-order chi connectivity index (χ0) is 18.1. The third-order valence-corrected chi connectivity index (χ3v) is 4.20. The van der Waals surface area contributed by atoms with Crippen molar-refractivity contribution in [1.29, 1.82) is 0 Å². The highest BCUT2D eigenvalue weighted by Crippen LogP contribution is 2.30. The molecule has 2 heterocycles. The SMILES string of the molecule is COc1cccc(C2=N/C(=C/C3=Cc4cc(Cl)ccc4OC3)C(=O)O2)c1. The van der Waals surface area contributed by atoms with E-state index in [0.717, 1.165) is 16.9 Å². The molecule has 0 fully saturated rings. The number of carbonyl (C=O) groups is 1. The fraction of sp³-hybridized carbons (Fsp3) is 0.100. The van der Waals surface area contributed by atoms with Gasteiger partial charge < -0.3 is 14.2 Å². The van der Waals surface area contributed by atoms with Gasteiger partial charge in [-0.1, -0.05) is 17.7 Å². The molecule has 0 saturated heterocycles. The molecule has 5 nitrogen and oxygen atoms in total. The van der Waals surface area contributed by atoms with Gasteiger partial charge in [-0.05, 0) is 54.1 Å². The van der Waals surface area contributed by atoms with E-state index >= 15 is 0 Å². The molecule has 0 atom stereocenters. The van der Waals surface area contributed by atoms with Crippen LogP contribution in [0.2, 0.25) is 5.02 Å². The molecule has 0 aliphatic carbocycles. The molecule has 0 saturated carbocycles. The van der Waals surface area contributed by atoms with Gasteiger partial charge in [0.15, 0.2) is 5.70 Å². The molecule has 4 rings (SSSR count). The Kier molecular flexibility index (Phi) is 4.22. The van der Waals surface area contributed by atoms with Crippen LogP contribution in [-0.2, 0) is 9.53 Å². The van der Waals surface area contributed by atoms with Crippen molar-refractivity contribution in [2.45, 2.75) is 0 Å². The van der Waals surface area contributed by atoms with Crippen molar-refractivity contribution in [3.8, 4) is 11.5 Å². The Hall–Kier alpha value is -3.05. The molecular formula is C20H14ClNO4. The van der Waals surface area contributed by atoms with Crippen molar-refractivity contribution in [3.05, 3.63) is 76.0 Å². The van der Waals surface area contributed by atoms with Gasteiger partial charge in [0.25, 0.3) is 0 Å². The van der Waals surface area contributed by atoms with Crippen LogP contribution in [0, 0.1) is 0 Å². The van der Waals surface area contributed by atoms with Gasteiger partial charge in [0.05, 0.1) is 7.11 Å². The van der Waals surface area contributed by atoms with Crippen LogP contribution in [0.5, 0.6) is 11.5 Å². The number of benzene rings is 2. The van der Waals surface area contributed by atoms with Crippen LogP contribution in [0.25, 0.3) is 6.08 Å². The molecular weight excluding hydrogens is 354 g/mol. The topological polar surface area (TPSA) is 57.1 Å². The highest BCUT2D eigenvalue weighted by molar-refractivity contribution is 6.30. The van der Waals surface area contributed by atoms with Crippen LogP contribution in [0.1, 0.15) is 11.1 Å². The maximum Gasteiger partial charge on any atom is 0.363 e. The standard InChI is InChI=1S/C20H14ClNO4/c1-24-16-4-2-3-13(10-16)19-22-17(20(23)26-19)8-12-7-14-9-15(21)5-6-18(14)25-11-12/h2-10H,11H2,1H3/b17-8+. The normalized spacial score (nSPS) is 17.2. The Morgan fingerprint density at radius 3 is 2.96 bits per heavy atom. The second-order valence-electron chi connectivity index (χ2n) is 5.76. The Balaban J connectivity index is 1.65. The van der Waals surface area contributed by atoms with E-state index in [9.17, 15) is 4.79 Å². The Morgan fingerprint density at radius 1 is 1.23 bits per heavy atom. The van der Waals surface area contributed by atoms with Crippen molar-refractivity contribution < 1.29 is 19.0 Å². The van der Waals surface area contributed by atoms with Crippen LogP contribution < -0.4 is 9.47 Å². The number of aliphatic imine (C=N–C) groups is 1. The predicted molar refractivity (Wildman–Crippen MR) is 98.6 cm³/mol. The fourth-order valence-corrected chi connectivity index (χ4v) is 2.89. The molecule has 0 bridgehead atoms. The largest absolute Gasteiger partial charge is 0.497 e. The van der Waals surface area contributed by atoms with Gasteiger partial charge in [-0.25, -0.2) is 9.79 Å². The van der Waals surface area contributed by atoms with Crippen LogP contribution in [-0.4, -0.2) is 25.6 Å². The maximum absolute atomic E-state index is 12.2. The molecule has 2 aliphatic heterocycles. The molecule has 0 spiro atoms. The summed E-state index contributed by atoms with van der Waals surface area (Å²) in [6.45, 7) is 0.343. The van der Waals surface area contributed by atoms with Crippen molar-refractivity contribution in [2.24, 2.45) is 4.99 Å². The number of methoxy groups -OCH3 is 1. The van der Waals surface area contributed by atoms with Crippen molar-refractivity contribution in [2.75, 3.05) is 13.7 Å². The molecule has 26 heavy (non-hydrogen) atoms. The van der Waals surface area contributed by atoms with Gasteiger partial charge in [0, 0.05) is 16.1 Å². The summed E-state index contributed by atoms with van der Waals surface area (Å²) in [5.41, 5.74) is 2.57. The van der Waals surface area contributed by atoms with Gasteiger partial charge in [-0.3, -0.25) is 0 Å². The number of hydrogen-bond donors (Lipinski definition) is 0. The lowest BCUT2D eigenvalue weighted by atomic mass is 10.1.